The SMILES string of the molecule is CC(C)C(=O)OCOC1C2(C)CCC(C2)C1(C)C. The molecule has 2 bridgehead atoms. The number of rotatable bonds is 4. The van der Waals surface area contributed by atoms with Gasteiger partial charge in [-0.05, 0) is 36.0 Å². The Morgan fingerprint density at radius 2 is 2.00 bits per heavy atom. The van der Waals surface area contributed by atoms with Gasteiger partial charge >= 0.3 is 5.97 Å². The minimum Gasteiger partial charge on any atom is -0.438 e. The fraction of sp³-hybridized carbons (Fsp3) is 0.933. The van der Waals surface area contributed by atoms with E-state index in [2.05, 4.69) is 20.8 Å². The third-order valence-corrected chi connectivity index (χ3v) is 5.04. The van der Waals surface area contributed by atoms with Crippen LogP contribution in [0.3, 0.4) is 0 Å². The van der Waals surface area contributed by atoms with E-state index in [-0.39, 0.29) is 35.6 Å². The molecule has 0 spiro atoms. The average Bonchev–Trinajstić information content (AvgIpc) is 2.73. The van der Waals surface area contributed by atoms with Gasteiger partial charge in [0.2, 0.25) is 0 Å². The molecule has 2 rings (SSSR count). The van der Waals surface area contributed by atoms with Crippen LogP contribution in [-0.4, -0.2) is 18.9 Å². The van der Waals surface area contributed by atoms with Crippen molar-refractivity contribution in [2.45, 2.75) is 60.0 Å². The molecule has 3 heteroatoms. The van der Waals surface area contributed by atoms with Gasteiger partial charge in [0.1, 0.15) is 0 Å². The summed E-state index contributed by atoms with van der Waals surface area (Å²) in [6, 6.07) is 0. The standard InChI is InChI=1S/C15H26O3/c1-10(2)12(16)17-9-18-13-14(3,4)11-6-7-15(13,5)8-11/h10-11,13H,6-9H2,1-5H3. The first-order chi connectivity index (χ1) is 8.27. The van der Waals surface area contributed by atoms with Crippen molar-refractivity contribution < 1.29 is 14.3 Å². The summed E-state index contributed by atoms with van der Waals surface area (Å²) in [5, 5.41) is 0. The van der Waals surface area contributed by atoms with Crippen molar-refractivity contribution in [3.8, 4) is 0 Å². The van der Waals surface area contributed by atoms with Crippen LogP contribution < -0.4 is 0 Å². The lowest BCUT2D eigenvalue weighted by Gasteiger charge is -2.42. The zero-order chi connectivity index (χ0) is 13.6. The number of hydrogen-bond acceptors (Lipinski definition) is 3. The molecule has 0 heterocycles. The lowest BCUT2D eigenvalue weighted by molar-refractivity contribution is -0.182. The minimum absolute atomic E-state index is 0.0859. The number of esters is 1. The second-order valence-corrected chi connectivity index (χ2v) is 7.20. The third-order valence-electron chi connectivity index (χ3n) is 5.04. The highest BCUT2D eigenvalue weighted by Crippen LogP contribution is 2.63. The number of carbonyl (C=O) groups is 1. The maximum Gasteiger partial charge on any atom is 0.310 e. The van der Waals surface area contributed by atoms with E-state index in [1.165, 1.54) is 19.3 Å². The molecule has 0 aromatic carbocycles. The van der Waals surface area contributed by atoms with Gasteiger partial charge in [-0.3, -0.25) is 4.79 Å². The molecule has 0 radical (unpaired) electrons. The molecular weight excluding hydrogens is 228 g/mol. The van der Waals surface area contributed by atoms with Crippen molar-refractivity contribution in [1.82, 2.24) is 0 Å². The van der Waals surface area contributed by atoms with E-state index < -0.39 is 0 Å². The van der Waals surface area contributed by atoms with Crippen LogP contribution >= 0.6 is 0 Å². The molecule has 3 atom stereocenters. The van der Waals surface area contributed by atoms with Crippen LogP contribution in [0.5, 0.6) is 0 Å². The first-order valence-electron chi connectivity index (χ1n) is 7.05. The van der Waals surface area contributed by atoms with Crippen LogP contribution in [0.1, 0.15) is 53.9 Å². The highest BCUT2D eigenvalue weighted by atomic mass is 16.7. The van der Waals surface area contributed by atoms with Crippen LogP contribution in [0.15, 0.2) is 0 Å². The molecule has 3 unspecified atom stereocenters. The first-order valence-corrected chi connectivity index (χ1v) is 7.05. The van der Waals surface area contributed by atoms with E-state index in [9.17, 15) is 4.79 Å². The molecule has 0 amide bonds. The van der Waals surface area contributed by atoms with Crippen LogP contribution in [0.4, 0.5) is 0 Å². The lowest BCUT2D eigenvalue weighted by atomic mass is 9.70. The maximum atomic E-state index is 11.4. The average molecular weight is 254 g/mol. The molecular formula is C15H26O3. The van der Waals surface area contributed by atoms with E-state index in [1.54, 1.807) is 0 Å². The Balaban J connectivity index is 1.91. The predicted octanol–water partition coefficient (Wildman–Crippen LogP) is 3.37. The fourth-order valence-corrected chi connectivity index (χ4v) is 4.00. The molecule has 0 aromatic rings. The van der Waals surface area contributed by atoms with E-state index >= 15 is 0 Å². The van der Waals surface area contributed by atoms with Crippen LogP contribution in [-0.2, 0) is 14.3 Å². The molecule has 18 heavy (non-hydrogen) atoms. The Kier molecular flexibility index (Phi) is 3.48. The largest absolute Gasteiger partial charge is 0.438 e. The molecule has 2 aliphatic rings. The van der Waals surface area contributed by atoms with E-state index in [4.69, 9.17) is 9.47 Å². The molecule has 0 saturated heterocycles. The van der Waals surface area contributed by atoms with Gasteiger partial charge in [-0.15, -0.1) is 0 Å². The van der Waals surface area contributed by atoms with E-state index in [0.717, 1.165) is 5.92 Å². The molecule has 2 aliphatic carbocycles. The Bertz CT molecular complexity index is 330. The Labute approximate surface area is 110 Å². The van der Waals surface area contributed by atoms with Gasteiger partial charge in [0.15, 0.2) is 6.79 Å². The number of fused-ring (bicyclic) bond motifs is 2. The summed E-state index contributed by atoms with van der Waals surface area (Å²) in [5.74, 6) is 0.492. The van der Waals surface area contributed by atoms with Crippen molar-refractivity contribution in [2.75, 3.05) is 6.79 Å². The topological polar surface area (TPSA) is 35.5 Å². The van der Waals surface area contributed by atoms with Gasteiger partial charge in [-0.1, -0.05) is 34.6 Å². The quantitative estimate of drug-likeness (QED) is 0.570. The Hall–Kier alpha value is -0.570. The molecule has 0 aliphatic heterocycles. The summed E-state index contributed by atoms with van der Waals surface area (Å²) in [7, 11) is 0. The van der Waals surface area contributed by atoms with Crippen molar-refractivity contribution in [2.24, 2.45) is 22.7 Å². The Morgan fingerprint density at radius 1 is 1.33 bits per heavy atom. The second kappa shape index (κ2) is 4.52. The summed E-state index contributed by atoms with van der Waals surface area (Å²) in [4.78, 5) is 11.4. The summed E-state index contributed by atoms with van der Waals surface area (Å²) in [6.07, 6.45) is 4.02. The number of hydrogen-bond donors (Lipinski definition) is 0. The third kappa shape index (κ3) is 2.18. The lowest BCUT2D eigenvalue weighted by Crippen LogP contribution is -2.43. The van der Waals surface area contributed by atoms with Crippen LogP contribution in [0, 0.1) is 22.7 Å². The summed E-state index contributed by atoms with van der Waals surface area (Å²) in [5.41, 5.74) is 0.482. The Morgan fingerprint density at radius 3 is 2.50 bits per heavy atom. The highest BCUT2D eigenvalue weighted by molar-refractivity contribution is 5.71. The minimum atomic E-state index is -0.180. The van der Waals surface area contributed by atoms with Gasteiger partial charge in [-0.25, -0.2) is 0 Å². The summed E-state index contributed by atoms with van der Waals surface area (Å²) in [6.45, 7) is 10.7. The highest BCUT2D eigenvalue weighted by Gasteiger charge is 2.60. The normalized spacial score (nSPS) is 37.2. The molecule has 3 nitrogen and oxygen atoms in total. The van der Waals surface area contributed by atoms with Crippen molar-refractivity contribution >= 4 is 5.97 Å². The van der Waals surface area contributed by atoms with Crippen molar-refractivity contribution in [3.05, 3.63) is 0 Å². The maximum absolute atomic E-state index is 11.4. The van der Waals surface area contributed by atoms with Crippen LogP contribution in [0.2, 0.25) is 0 Å². The summed E-state index contributed by atoms with van der Waals surface area (Å²) >= 11 is 0. The zero-order valence-corrected chi connectivity index (χ0v) is 12.3. The van der Waals surface area contributed by atoms with Gasteiger partial charge in [0.25, 0.3) is 0 Å². The van der Waals surface area contributed by atoms with Gasteiger partial charge < -0.3 is 9.47 Å². The second-order valence-electron chi connectivity index (χ2n) is 7.20. The van der Waals surface area contributed by atoms with Crippen molar-refractivity contribution in [3.63, 3.8) is 0 Å². The van der Waals surface area contributed by atoms with Crippen LogP contribution in [0.25, 0.3) is 0 Å². The van der Waals surface area contributed by atoms with Gasteiger partial charge in [0.05, 0.1) is 12.0 Å². The first kappa shape index (κ1) is 13.9. The monoisotopic (exact) mass is 254 g/mol. The fourth-order valence-electron chi connectivity index (χ4n) is 4.00. The summed E-state index contributed by atoms with van der Waals surface area (Å²) < 4.78 is 11.1. The smallest absolute Gasteiger partial charge is 0.310 e. The molecule has 0 aromatic heterocycles. The number of ether oxygens (including phenoxy) is 2. The van der Waals surface area contributed by atoms with Crippen molar-refractivity contribution in [1.29, 1.82) is 0 Å². The molecule has 0 N–H and O–H groups in total. The molecule has 104 valence electrons. The number of carbonyl (C=O) groups excluding carboxylic acids is 1. The zero-order valence-electron chi connectivity index (χ0n) is 12.3. The molecule has 2 saturated carbocycles. The van der Waals surface area contributed by atoms with E-state index in [0.29, 0.717) is 0 Å². The van der Waals surface area contributed by atoms with E-state index in [1.807, 2.05) is 13.8 Å². The van der Waals surface area contributed by atoms with Gasteiger partial charge in [-0.2, -0.15) is 0 Å². The van der Waals surface area contributed by atoms with Gasteiger partial charge in [0, 0.05) is 0 Å². The molecule has 2 fully saturated rings. The predicted molar refractivity (Wildman–Crippen MR) is 69.9 cm³/mol.